The van der Waals surface area contributed by atoms with Gasteiger partial charge in [-0.3, -0.25) is 0 Å². The molecule has 0 spiro atoms. The molecule has 9 heavy (non-hydrogen) atoms. The van der Waals surface area contributed by atoms with Gasteiger partial charge in [0.15, 0.2) is 0 Å². The average Bonchev–Trinajstić information content (AvgIpc) is 1.14. The summed E-state index contributed by atoms with van der Waals surface area (Å²) in [7, 11) is 12.4. The van der Waals surface area contributed by atoms with Crippen molar-refractivity contribution in [1.29, 1.82) is 0 Å². The van der Waals surface area contributed by atoms with E-state index in [1.807, 2.05) is 0 Å². The van der Waals surface area contributed by atoms with Gasteiger partial charge in [-0.1, -0.05) is 0 Å². The van der Waals surface area contributed by atoms with E-state index < -0.39 is 34.5 Å². The molecule has 0 aromatic rings. The first-order valence-corrected chi connectivity index (χ1v) is 25.8. The molecule has 4 heteroatoms. The van der Waals surface area contributed by atoms with E-state index in [2.05, 4.69) is 19.8 Å². The zero-order valence-corrected chi connectivity index (χ0v) is 13.7. The van der Waals surface area contributed by atoms with E-state index >= 15 is 0 Å². The van der Waals surface area contributed by atoms with Crippen LogP contribution in [-0.2, 0) is 0 Å². The van der Waals surface area contributed by atoms with Crippen LogP contribution in [0.2, 0.25) is 22.2 Å². The molecule has 0 radical (unpaired) electrons. The molecule has 0 unspecified atom stereocenters. The van der Waals surface area contributed by atoms with Gasteiger partial charge in [-0.2, -0.15) is 0 Å². The summed E-state index contributed by atoms with van der Waals surface area (Å²) < 4.78 is 1.24. The van der Waals surface area contributed by atoms with Crippen LogP contribution in [-0.4, -0.2) is 34.5 Å². The summed E-state index contributed by atoms with van der Waals surface area (Å²) in [6.45, 7) is 0. The first kappa shape index (κ1) is 11.2. The second-order valence-electron chi connectivity index (χ2n) is 3.61. The van der Waals surface area contributed by atoms with Crippen molar-refractivity contribution in [2.45, 2.75) is 22.2 Å². The van der Waals surface area contributed by atoms with Crippen LogP contribution in [0, 0.1) is 0 Å². The normalized spacial score (nSPS) is 14.0. The van der Waals surface area contributed by atoms with Crippen molar-refractivity contribution in [3.8, 4) is 0 Å². The zero-order valence-electron chi connectivity index (χ0n) is 6.46. The van der Waals surface area contributed by atoms with Gasteiger partial charge < -0.3 is 0 Å². The average molecular weight is 382 g/mol. The molecule has 0 aliphatic carbocycles. The second kappa shape index (κ2) is 3.72. The van der Waals surface area contributed by atoms with Gasteiger partial charge in [0.1, 0.15) is 0 Å². The third kappa shape index (κ3) is 10.2. The zero-order chi connectivity index (χ0) is 7.71. The van der Waals surface area contributed by atoms with E-state index in [-0.39, 0.29) is 0 Å². The second-order valence-corrected chi connectivity index (χ2v) is 44.7. The van der Waals surface area contributed by atoms with Gasteiger partial charge >= 0.3 is 74.6 Å². The summed E-state index contributed by atoms with van der Waals surface area (Å²) in [5.74, 6) is 0. The Hall–Kier alpha value is 2.18. The van der Waals surface area contributed by atoms with Crippen molar-refractivity contribution in [2.24, 2.45) is 0 Å². The van der Waals surface area contributed by atoms with Crippen molar-refractivity contribution in [3.05, 3.63) is 0 Å². The van der Waals surface area contributed by atoms with Crippen molar-refractivity contribution in [1.82, 2.24) is 0 Å². The van der Waals surface area contributed by atoms with E-state index in [1.165, 1.54) is 2.45 Å². The van der Waals surface area contributed by atoms with Crippen LogP contribution in [0.1, 0.15) is 0 Å². The molecular weight excluding hydrogens is 368 g/mol. The first-order valence-electron chi connectivity index (χ1n) is 3.09. The number of halogens is 2. The first-order chi connectivity index (χ1) is 3.71. The predicted octanol–water partition coefficient (Wildman–Crippen LogP) is 3.41. The Morgan fingerprint density at radius 2 is 1.11 bits per heavy atom. The quantitative estimate of drug-likeness (QED) is 0.642. The fourth-order valence-corrected chi connectivity index (χ4v) is 78.1. The van der Waals surface area contributed by atoms with E-state index in [0.29, 0.717) is 0 Å². The van der Waals surface area contributed by atoms with Crippen LogP contribution in [0.25, 0.3) is 0 Å². The van der Waals surface area contributed by atoms with Crippen LogP contribution >= 0.6 is 17.8 Å². The minimum atomic E-state index is -2.01. The summed E-state index contributed by atoms with van der Waals surface area (Å²) in [5.41, 5.74) is 0. The third-order valence-corrected chi connectivity index (χ3v) is 49.9. The summed E-state index contributed by atoms with van der Waals surface area (Å²) in [4.78, 5) is 8.93. The van der Waals surface area contributed by atoms with Gasteiger partial charge in [-0.25, -0.2) is 0 Å². The van der Waals surface area contributed by atoms with Gasteiger partial charge in [-0.15, -0.1) is 0 Å². The molecule has 0 saturated carbocycles. The molecule has 0 amide bonds. The number of rotatable bonds is 2. The summed E-state index contributed by atoms with van der Waals surface area (Å²) >= 11 is -4.03. The molecule has 0 aromatic heterocycles. The fourth-order valence-electron chi connectivity index (χ4n) is 1.000. The maximum absolute atomic E-state index is 6.20. The fraction of sp³-hybridized carbons (Fsp3) is 1.00. The van der Waals surface area contributed by atoms with E-state index in [0.717, 1.165) is 0 Å². The summed E-state index contributed by atoms with van der Waals surface area (Å²) in [5, 5.41) is 0. The molecule has 0 aliphatic heterocycles. The van der Waals surface area contributed by atoms with Gasteiger partial charge in [-0.05, 0) is 0 Å². The SMILES string of the molecule is [CH3][Sn]([CH3])([Cl])[CH2][Sn]([CH3])([CH3])[Cl]. The van der Waals surface area contributed by atoms with Gasteiger partial charge in [0.25, 0.3) is 0 Å². The van der Waals surface area contributed by atoms with Crippen LogP contribution in [0.3, 0.4) is 0 Å². The number of hydrogen-bond acceptors (Lipinski definition) is 0. The Labute approximate surface area is 73.5 Å². The standard InChI is InChI=1S/4CH3.CH2.2ClH.2Sn/h4*1H3;1H2;2*1H;;/q;;;;;;;2*+1/p-2. The van der Waals surface area contributed by atoms with Gasteiger partial charge in [0.2, 0.25) is 0 Å². The monoisotopic (exact) mass is 384 g/mol. The van der Waals surface area contributed by atoms with E-state index in [1.54, 1.807) is 0 Å². The van der Waals surface area contributed by atoms with Crippen molar-refractivity contribution < 1.29 is 0 Å². The Morgan fingerprint density at radius 3 is 1.11 bits per heavy atom. The molecule has 0 nitrogen and oxygen atoms in total. The molecule has 0 saturated heterocycles. The number of hydrogen-bond donors (Lipinski definition) is 0. The molecule has 0 aliphatic rings. The van der Waals surface area contributed by atoms with E-state index in [4.69, 9.17) is 17.8 Å². The Kier molecular flexibility index (Phi) is 4.62. The van der Waals surface area contributed by atoms with Crippen LogP contribution in [0.4, 0.5) is 0 Å². The molecule has 56 valence electrons. The summed E-state index contributed by atoms with van der Waals surface area (Å²) in [6.07, 6.45) is 0. The molecule has 0 bridgehead atoms. The predicted molar refractivity (Wildman–Crippen MR) is 51.5 cm³/mol. The van der Waals surface area contributed by atoms with E-state index in [9.17, 15) is 0 Å². The molecule has 0 aromatic carbocycles. The maximum atomic E-state index is 6.20. The Bertz CT molecular complexity index is 78.1. The van der Waals surface area contributed by atoms with Crippen molar-refractivity contribution in [2.75, 3.05) is 0 Å². The van der Waals surface area contributed by atoms with Gasteiger partial charge in [0.05, 0.1) is 0 Å². The molecule has 0 heterocycles. The molecule has 0 atom stereocenters. The van der Waals surface area contributed by atoms with Crippen LogP contribution in [0.15, 0.2) is 0 Å². The van der Waals surface area contributed by atoms with Crippen molar-refractivity contribution >= 4 is 52.3 Å². The molecular formula is C5H14Cl2Sn2. The summed E-state index contributed by atoms with van der Waals surface area (Å²) in [6, 6.07) is 0. The van der Waals surface area contributed by atoms with Crippen LogP contribution in [0.5, 0.6) is 0 Å². The molecule has 0 N–H and O–H groups in total. The van der Waals surface area contributed by atoms with Crippen molar-refractivity contribution in [3.63, 3.8) is 0 Å². The Morgan fingerprint density at radius 1 is 0.889 bits per heavy atom. The van der Waals surface area contributed by atoms with Gasteiger partial charge in [0, 0.05) is 0 Å². The Balaban J connectivity index is 3.75. The topological polar surface area (TPSA) is 0 Å². The molecule has 0 rings (SSSR count). The third-order valence-electron chi connectivity index (χ3n) is 0.841. The minimum absolute atomic E-state index is 1.24. The van der Waals surface area contributed by atoms with Crippen LogP contribution < -0.4 is 0 Å². The molecule has 0 fully saturated rings.